The van der Waals surface area contributed by atoms with Gasteiger partial charge in [0, 0.05) is 68.2 Å². The van der Waals surface area contributed by atoms with Gasteiger partial charge >= 0.3 is 6.18 Å². The zero-order valence-electron chi connectivity index (χ0n) is 31.2. The van der Waals surface area contributed by atoms with Crippen molar-refractivity contribution in [2.24, 2.45) is 29.6 Å². The van der Waals surface area contributed by atoms with Crippen LogP contribution < -0.4 is 5.32 Å². The Bertz CT molecular complexity index is 1800. The van der Waals surface area contributed by atoms with Gasteiger partial charge in [0.1, 0.15) is 22.9 Å². The molecule has 53 heavy (non-hydrogen) atoms. The van der Waals surface area contributed by atoms with E-state index in [4.69, 9.17) is 4.74 Å². The van der Waals surface area contributed by atoms with Crippen molar-refractivity contribution < 1.29 is 41.5 Å². The van der Waals surface area contributed by atoms with Gasteiger partial charge in [0.2, 0.25) is 5.91 Å². The lowest BCUT2D eigenvalue weighted by Crippen LogP contribution is -2.60. The van der Waals surface area contributed by atoms with Crippen LogP contribution in [-0.4, -0.2) is 47.0 Å². The van der Waals surface area contributed by atoms with E-state index in [1.54, 1.807) is 12.1 Å². The molecule has 2 aliphatic rings. The number of Topliss-reactive ketones (excluding diaryl/α,β-unsaturated/α-hetero) is 3. The van der Waals surface area contributed by atoms with Gasteiger partial charge in [-0.1, -0.05) is 70.9 Å². The first kappa shape index (κ1) is 40.3. The molecule has 1 amide bonds. The standard InChI is InChI=1S/C42H52F4N2O5/c1-5-25(3)29(21-37(50)27-15-18-53-19-16-27)22-38(51)41(17-14-36-33(24-41)31-11-9-12-34(39(31)47-36)42(44,45)46)48-40(52)32(26(4)6-2)23-30(49)20-28-10-7-8-13-35(28)43/h7-13,25-27,29,32,47H,5-6,14-24H2,1-4H3,(H,48,52)/t25?,26?,29-,32-,41+/m0/s1. The number of alkyl halides is 3. The first-order valence-corrected chi connectivity index (χ1v) is 19.1. The van der Waals surface area contributed by atoms with Crippen molar-refractivity contribution in [1.29, 1.82) is 0 Å². The molecule has 1 fully saturated rings. The number of rotatable bonds is 16. The highest BCUT2D eigenvalue weighted by Crippen LogP contribution is 2.41. The monoisotopic (exact) mass is 740 g/mol. The van der Waals surface area contributed by atoms with Gasteiger partial charge < -0.3 is 15.0 Å². The third-order valence-corrected chi connectivity index (χ3v) is 12.0. The first-order chi connectivity index (χ1) is 25.2. The zero-order chi connectivity index (χ0) is 38.5. The highest BCUT2D eigenvalue weighted by Gasteiger charge is 2.46. The molecule has 0 saturated carbocycles. The molecule has 1 aromatic heterocycles. The van der Waals surface area contributed by atoms with Crippen molar-refractivity contribution >= 4 is 34.2 Å². The lowest BCUT2D eigenvalue weighted by atomic mass is 9.71. The fourth-order valence-electron chi connectivity index (χ4n) is 8.14. The Morgan fingerprint density at radius 1 is 0.943 bits per heavy atom. The number of nitrogens with one attached hydrogen (secondary N) is 2. The second kappa shape index (κ2) is 17.1. The Morgan fingerprint density at radius 3 is 2.30 bits per heavy atom. The number of carbonyl (C=O) groups excluding carboxylic acids is 4. The number of carbonyl (C=O) groups is 4. The van der Waals surface area contributed by atoms with Gasteiger partial charge in [0.05, 0.1) is 11.1 Å². The predicted molar refractivity (Wildman–Crippen MR) is 195 cm³/mol. The maximum absolute atomic E-state index is 14.9. The maximum Gasteiger partial charge on any atom is 0.418 e. The van der Waals surface area contributed by atoms with E-state index in [1.165, 1.54) is 24.3 Å². The average molecular weight is 741 g/mol. The number of aromatic amines is 1. The molecule has 5 atom stereocenters. The van der Waals surface area contributed by atoms with Gasteiger partial charge in [-0.2, -0.15) is 13.2 Å². The van der Waals surface area contributed by atoms with Crippen LogP contribution in [0.2, 0.25) is 0 Å². The molecule has 3 aromatic rings. The quantitative estimate of drug-likeness (QED) is 0.143. The summed E-state index contributed by atoms with van der Waals surface area (Å²) in [5.74, 6) is -3.01. The maximum atomic E-state index is 14.9. The molecule has 1 saturated heterocycles. The third kappa shape index (κ3) is 9.27. The van der Waals surface area contributed by atoms with E-state index in [1.807, 2.05) is 27.7 Å². The van der Waals surface area contributed by atoms with E-state index in [-0.39, 0.29) is 97.0 Å². The van der Waals surface area contributed by atoms with E-state index in [2.05, 4.69) is 10.3 Å². The summed E-state index contributed by atoms with van der Waals surface area (Å²) in [4.78, 5) is 59.1. The zero-order valence-corrected chi connectivity index (χ0v) is 31.2. The van der Waals surface area contributed by atoms with Crippen LogP contribution in [0.4, 0.5) is 17.6 Å². The second-order valence-electron chi connectivity index (χ2n) is 15.4. The molecule has 7 nitrogen and oxygen atoms in total. The Labute approximate surface area is 309 Å². The minimum atomic E-state index is -4.60. The van der Waals surface area contributed by atoms with E-state index in [0.29, 0.717) is 49.1 Å². The summed E-state index contributed by atoms with van der Waals surface area (Å²) < 4.78 is 62.1. The summed E-state index contributed by atoms with van der Waals surface area (Å²) in [5.41, 5.74) is -0.993. The molecular weight excluding hydrogens is 688 g/mol. The van der Waals surface area contributed by atoms with Gasteiger partial charge in [0.25, 0.3) is 0 Å². The number of amides is 1. The normalized spacial score (nSPS) is 20.3. The number of para-hydroxylation sites is 1. The number of H-pyrrole nitrogens is 1. The van der Waals surface area contributed by atoms with E-state index < -0.39 is 34.9 Å². The fraction of sp³-hybridized carbons (Fsp3) is 0.571. The molecule has 0 spiro atoms. The molecule has 2 heterocycles. The topological polar surface area (TPSA) is 105 Å². The molecule has 2 N–H and O–H groups in total. The van der Waals surface area contributed by atoms with Crippen LogP contribution in [0.5, 0.6) is 0 Å². The van der Waals surface area contributed by atoms with Crippen molar-refractivity contribution in [3.05, 3.63) is 70.7 Å². The van der Waals surface area contributed by atoms with Crippen LogP contribution in [0, 0.1) is 35.4 Å². The van der Waals surface area contributed by atoms with Gasteiger partial charge in [-0.05, 0) is 66.7 Å². The number of hydrogen-bond donors (Lipinski definition) is 2. The van der Waals surface area contributed by atoms with Crippen LogP contribution in [0.3, 0.4) is 0 Å². The summed E-state index contributed by atoms with van der Waals surface area (Å²) in [6.45, 7) is 8.80. The minimum absolute atomic E-state index is 0.00987. The number of benzene rings is 2. The molecule has 2 unspecified atom stereocenters. The number of ketones is 3. The summed E-state index contributed by atoms with van der Waals surface area (Å²) in [7, 11) is 0. The molecule has 1 aliphatic carbocycles. The summed E-state index contributed by atoms with van der Waals surface area (Å²) >= 11 is 0. The van der Waals surface area contributed by atoms with Gasteiger partial charge in [0.15, 0.2) is 5.78 Å². The molecule has 11 heteroatoms. The lowest BCUT2D eigenvalue weighted by Gasteiger charge is -2.40. The smallest absolute Gasteiger partial charge is 0.381 e. The first-order valence-electron chi connectivity index (χ1n) is 19.1. The summed E-state index contributed by atoms with van der Waals surface area (Å²) in [6.07, 6.45) is -1.87. The number of ether oxygens (including phenoxy) is 1. The summed E-state index contributed by atoms with van der Waals surface area (Å²) in [5, 5.41) is 3.44. The Hall–Kier alpha value is -3.86. The van der Waals surface area contributed by atoms with Crippen molar-refractivity contribution in [3.8, 4) is 0 Å². The van der Waals surface area contributed by atoms with E-state index in [0.717, 1.165) is 12.5 Å². The molecule has 5 rings (SSSR count). The van der Waals surface area contributed by atoms with Crippen molar-refractivity contribution in [3.63, 3.8) is 0 Å². The Kier molecular flexibility index (Phi) is 13.0. The number of aryl methyl sites for hydroxylation is 1. The highest BCUT2D eigenvalue weighted by atomic mass is 19.4. The largest absolute Gasteiger partial charge is 0.418 e. The van der Waals surface area contributed by atoms with Crippen LogP contribution in [0.1, 0.15) is 101 Å². The molecule has 0 bridgehead atoms. The van der Waals surface area contributed by atoms with Crippen LogP contribution in [-0.2, 0) is 49.4 Å². The van der Waals surface area contributed by atoms with Crippen LogP contribution in [0.25, 0.3) is 10.9 Å². The Balaban J connectivity index is 1.49. The van der Waals surface area contributed by atoms with Gasteiger partial charge in [-0.3, -0.25) is 19.2 Å². The number of halogens is 4. The number of fused-ring (bicyclic) bond motifs is 3. The Morgan fingerprint density at radius 2 is 1.64 bits per heavy atom. The molecule has 0 radical (unpaired) electrons. The number of aromatic nitrogens is 1. The van der Waals surface area contributed by atoms with E-state index >= 15 is 0 Å². The van der Waals surface area contributed by atoms with Crippen LogP contribution in [0.15, 0.2) is 42.5 Å². The minimum Gasteiger partial charge on any atom is -0.381 e. The predicted octanol–water partition coefficient (Wildman–Crippen LogP) is 8.54. The van der Waals surface area contributed by atoms with Gasteiger partial charge in [-0.25, -0.2) is 4.39 Å². The SMILES string of the molecule is CCC(C)[C@@H](CC(=O)C1CCOCC1)CC(=O)[C@@]1(NC(=O)[C@@H](CC(=O)Cc2ccccc2F)C(C)CC)CCc2[nH]c3c(C(F)(F)F)cccc3c2C1. The van der Waals surface area contributed by atoms with E-state index in [9.17, 15) is 36.7 Å². The molecule has 2 aromatic carbocycles. The van der Waals surface area contributed by atoms with Gasteiger partial charge in [-0.15, -0.1) is 0 Å². The van der Waals surface area contributed by atoms with Crippen LogP contribution >= 0.6 is 0 Å². The lowest BCUT2D eigenvalue weighted by molar-refractivity contribution is -0.138. The van der Waals surface area contributed by atoms with Crippen molar-refractivity contribution in [2.75, 3.05) is 13.2 Å². The molecular formula is C42H52F4N2O5. The second-order valence-corrected chi connectivity index (χ2v) is 15.4. The number of hydrogen-bond acceptors (Lipinski definition) is 5. The fourth-order valence-corrected chi connectivity index (χ4v) is 8.14. The average Bonchev–Trinajstić information content (AvgIpc) is 3.51. The molecule has 1 aliphatic heterocycles. The van der Waals surface area contributed by atoms with Crippen molar-refractivity contribution in [1.82, 2.24) is 10.3 Å². The highest BCUT2D eigenvalue weighted by molar-refractivity contribution is 5.97. The molecule has 288 valence electrons. The third-order valence-electron chi connectivity index (χ3n) is 12.0. The summed E-state index contributed by atoms with van der Waals surface area (Å²) in [6, 6.07) is 9.95. The van der Waals surface area contributed by atoms with Crippen molar-refractivity contribution in [2.45, 2.75) is 110 Å².